The molecule has 4 nitrogen and oxygen atoms in total. The number of hydrogen-bond donors (Lipinski definition) is 1. The molecule has 0 saturated heterocycles. The van der Waals surface area contributed by atoms with Crippen LogP contribution in [0, 0.1) is 6.92 Å². The van der Waals surface area contributed by atoms with Crippen LogP contribution in [0.5, 0.6) is 0 Å². The molecule has 108 valence electrons. The summed E-state index contributed by atoms with van der Waals surface area (Å²) in [5, 5.41) is 11.5. The molecule has 0 spiro atoms. The molecule has 0 unspecified atom stereocenters. The minimum Gasteiger partial charge on any atom is -0.419 e. The minimum atomic E-state index is 0.534. The number of aromatic nitrogens is 2. The second-order valence-corrected chi connectivity index (χ2v) is 6.82. The Bertz CT molecular complexity index is 738. The zero-order valence-corrected chi connectivity index (χ0v) is 13.9. The predicted octanol–water partition coefficient (Wildman–Crippen LogP) is 4.16. The summed E-state index contributed by atoms with van der Waals surface area (Å²) in [6, 6.07) is 12.1. The maximum atomic E-state index is 5.68. The van der Waals surface area contributed by atoms with E-state index >= 15 is 0 Å². The third-order valence-corrected chi connectivity index (χ3v) is 4.63. The van der Waals surface area contributed by atoms with Gasteiger partial charge in [0.25, 0.3) is 0 Å². The quantitative estimate of drug-likeness (QED) is 0.739. The van der Waals surface area contributed by atoms with Gasteiger partial charge in [-0.25, -0.2) is 0 Å². The third-order valence-electron chi connectivity index (χ3n) is 2.94. The highest BCUT2D eigenvalue weighted by atomic mass is 79.9. The summed E-state index contributed by atoms with van der Waals surface area (Å²) in [5.41, 5.74) is 0.908. The van der Waals surface area contributed by atoms with Crippen LogP contribution < -0.4 is 5.32 Å². The highest BCUT2D eigenvalue weighted by molar-refractivity contribution is 9.10. The number of benzene rings is 1. The van der Waals surface area contributed by atoms with Gasteiger partial charge in [-0.15, -0.1) is 21.5 Å². The fraction of sp³-hybridized carbons (Fsp3) is 0.200. The maximum absolute atomic E-state index is 5.68. The Morgan fingerprint density at radius 1 is 1.14 bits per heavy atom. The molecule has 0 aliphatic carbocycles. The summed E-state index contributed by atoms with van der Waals surface area (Å²) < 4.78 is 6.63. The Morgan fingerprint density at radius 3 is 2.76 bits per heavy atom. The van der Waals surface area contributed by atoms with E-state index in [-0.39, 0.29) is 0 Å². The van der Waals surface area contributed by atoms with Crippen LogP contribution in [0.15, 0.2) is 45.3 Å². The number of rotatable bonds is 5. The van der Waals surface area contributed by atoms with Crippen LogP contribution in [0.1, 0.15) is 15.6 Å². The van der Waals surface area contributed by atoms with Crippen molar-refractivity contribution in [2.45, 2.75) is 20.0 Å². The molecule has 0 saturated carbocycles. The molecule has 0 atom stereocenters. The van der Waals surface area contributed by atoms with Crippen LogP contribution in [0.3, 0.4) is 0 Å². The lowest BCUT2D eigenvalue weighted by Crippen LogP contribution is -2.11. The fourth-order valence-electron chi connectivity index (χ4n) is 1.94. The van der Waals surface area contributed by atoms with Crippen LogP contribution in [0.25, 0.3) is 11.5 Å². The van der Waals surface area contributed by atoms with Crippen molar-refractivity contribution in [1.29, 1.82) is 0 Å². The highest BCUT2D eigenvalue weighted by Crippen LogP contribution is 2.26. The van der Waals surface area contributed by atoms with Crippen molar-refractivity contribution in [2.24, 2.45) is 0 Å². The molecular formula is C15H14BrN3OS. The number of hydrogen-bond acceptors (Lipinski definition) is 5. The van der Waals surface area contributed by atoms with Crippen molar-refractivity contribution in [3.8, 4) is 11.5 Å². The van der Waals surface area contributed by atoms with Crippen LogP contribution >= 0.6 is 27.3 Å². The van der Waals surface area contributed by atoms with Gasteiger partial charge in [0.05, 0.1) is 12.1 Å². The summed E-state index contributed by atoms with van der Waals surface area (Å²) in [7, 11) is 0. The molecule has 3 rings (SSSR count). The first kappa shape index (κ1) is 14.4. The van der Waals surface area contributed by atoms with Gasteiger partial charge in [0.1, 0.15) is 0 Å². The second-order valence-electron chi connectivity index (χ2n) is 4.60. The van der Waals surface area contributed by atoms with Gasteiger partial charge in [0.15, 0.2) is 0 Å². The van der Waals surface area contributed by atoms with E-state index in [0.717, 1.165) is 16.6 Å². The summed E-state index contributed by atoms with van der Waals surface area (Å²) >= 11 is 5.28. The van der Waals surface area contributed by atoms with E-state index in [0.29, 0.717) is 18.3 Å². The second kappa shape index (κ2) is 6.51. The molecule has 6 heteroatoms. The Morgan fingerprint density at radius 2 is 2.00 bits per heavy atom. The number of halogens is 1. The van der Waals surface area contributed by atoms with Gasteiger partial charge in [-0.05, 0) is 47.1 Å². The largest absolute Gasteiger partial charge is 0.419 e. The predicted molar refractivity (Wildman–Crippen MR) is 87.0 cm³/mol. The highest BCUT2D eigenvalue weighted by Gasteiger charge is 2.10. The van der Waals surface area contributed by atoms with Crippen molar-refractivity contribution in [1.82, 2.24) is 15.5 Å². The Labute approximate surface area is 135 Å². The lowest BCUT2D eigenvalue weighted by molar-refractivity contribution is 0.478. The summed E-state index contributed by atoms with van der Waals surface area (Å²) in [6.45, 7) is 3.48. The molecule has 0 radical (unpaired) electrons. The zero-order valence-electron chi connectivity index (χ0n) is 11.5. The SMILES string of the molecule is Cc1ccc(CNCc2nnc(-c3ccccc3Br)o2)s1. The van der Waals surface area contributed by atoms with Crippen molar-refractivity contribution in [3.63, 3.8) is 0 Å². The van der Waals surface area contributed by atoms with Crippen molar-refractivity contribution >= 4 is 27.3 Å². The molecular weight excluding hydrogens is 350 g/mol. The Hall–Kier alpha value is -1.50. The lowest BCUT2D eigenvalue weighted by Gasteiger charge is -1.99. The minimum absolute atomic E-state index is 0.534. The molecule has 0 aliphatic rings. The molecule has 0 bridgehead atoms. The molecule has 1 aromatic carbocycles. The lowest BCUT2D eigenvalue weighted by atomic mass is 10.2. The number of nitrogens with one attached hydrogen (secondary N) is 1. The standard InChI is InChI=1S/C15H14BrN3OS/c1-10-6-7-11(21-10)8-17-9-14-18-19-15(20-14)12-4-2-3-5-13(12)16/h2-7,17H,8-9H2,1H3. The first-order valence-electron chi connectivity index (χ1n) is 6.55. The molecule has 0 aliphatic heterocycles. The molecule has 2 aromatic heterocycles. The summed E-state index contributed by atoms with van der Waals surface area (Å²) in [5.74, 6) is 1.13. The van der Waals surface area contributed by atoms with Crippen molar-refractivity contribution in [3.05, 3.63) is 56.5 Å². The van der Waals surface area contributed by atoms with E-state index in [4.69, 9.17) is 4.42 Å². The summed E-state index contributed by atoms with van der Waals surface area (Å²) in [4.78, 5) is 2.62. The van der Waals surface area contributed by atoms with Gasteiger partial charge in [-0.3, -0.25) is 0 Å². The molecule has 1 N–H and O–H groups in total. The number of thiophene rings is 1. The van der Waals surface area contributed by atoms with Crippen LogP contribution in [0.2, 0.25) is 0 Å². The van der Waals surface area contributed by atoms with Gasteiger partial charge < -0.3 is 9.73 Å². The van der Waals surface area contributed by atoms with Crippen LogP contribution in [-0.2, 0) is 13.1 Å². The first-order valence-corrected chi connectivity index (χ1v) is 8.16. The van der Waals surface area contributed by atoms with Gasteiger partial charge in [-0.2, -0.15) is 0 Å². The van der Waals surface area contributed by atoms with Crippen LogP contribution in [-0.4, -0.2) is 10.2 Å². The van der Waals surface area contributed by atoms with E-state index in [2.05, 4.69) is 50.5 Å². The van der Waals surface area contributed by atoms with E-state index in [1.165, 1.54) is 9.75 Å². The first-order chi connectivity index (χ1) is 10.2. The van der Waals surface area contributed by atoms with E-state index in [9.17, 15) is 0 Å². The monoisotopic (exact) mass is 363 g/mol. The summed E-state index contributed by atoms with van der Waals surface area (Å²) in [6.07, 6.45) is 0. The number of nitrogens with zero attached hydrogens (tertiary/aromatic N) is 2. The van der Waals surface area contributed by atoms with Gasteiger partial charge in [-0.1, -0.05) is 12.1 Å². The Balaban J connectivity index is 1.62. The third kappa shape index (κ3) is 3.58. The average molecular weight is 364 g/mol. The fourth-order valence-corrected chi connectivity index (χ4v) is 3.26. The normalized spacial score (nSPS) is 11.0. The van der Waals surface area contributed by atoms with E-state index in [1.54, 1.807) is 11.3 Å². The smallest absolute Gasteiger partial charge is 0.248 e. The number of aryl methyl sites for hydroxylation is 1. The van der Waals surface area contributed by atoms with Crippen molar-refractivity contribution in [2.75, 3.05) is 0 Å². The van der Waals surface area contributed by atoms with Crippen molar-refractivity contribution < 1.29 is 4.42 Å². The molecule has 0 amide bonds. The van der Waals surface area contributed by atoms with Gasteiger partial charge >= 0.3 is 0 Å². The maximum Gasteiger partial charge on any atom is 0.248 e. The van der Waals surface area contributed by atoms with E-state index < -0.39 is 0 Å². The van der Waals surface area contributed by atoms with Gasteiger partial charge in [0.2, 0.25) is 11.8 Å². The van der Waals surface area contributed by atoms with Gasteiger partial charge in [0, 0.05) is 20.8 Å². The Kier molecular flexibility index (Phi) is 4.48. The topological polar surface area (TPSA) is 51.0 Å². The molecule has 2 heterocycles. The molecule has 0 fully saturated rings. The zero-order chi connectivity index (χ0) is 14.7. The molecule has 21 heavy (non-hydrogen) atoms. The molecule has 3 aromatic rings. The average Bonchev–Trinajstić information content (AvgIpc) is 3.09. The van der Waals surface area contributed by atoms with E-state index in [1.807, 2.05) is 24.3 Å². The van der Waals surface area contributed by atoms with Crippen LogP contribution in [0.4, 0.5) is 0 Å².